The maximum absolute atomic E-state index is 13.5. The number of rotatable bonds is 4. The molecule has 0 atom stereocenters. The highest BCUT2D eigenvalue weighted by Gasteiger charge is 2.37. The summed E-state index contributed by atoms with van der Waals surface area (Å²) in [6.45, 7) is 3.54. The minimum atomic E-state index is -4.55. The van der Waals surface area contributed by atoms with Gasteiger partial charge in [0.1, 0.15) is 0 Å². The Bertz CT molecular complexity index is 890. The van der Waals surface area contributed by atoms with Crippen LogP contribution in [-0.4, -0.2) is 17.1 Å². The molecule has 0 bridgehead atoms. The Morgan fingerprint density at radius 3 is 2.52 bits per heavy atom. The lowest BCUT2D eigenvalue weighted by Crippen LogP contribution is -2.23. The lowest BCUT2D eigenvalue weighted by Gasteiger charge is -2.28. The minimum absolute atomic E-state index is 0.00506. The Labute approximate surface area is 173 Å². The van der Waals surface area contributed by atoms with Crippen molar-refractivity contribution in [1.29, 1.82) is 0 Å². The molecule has 7 heteroatoms. The summed E-state index contributed by atoms with van der Waals surface area (Å²) < 4.78 is 40.4. The first-order valence-corrected chi connectivity index (χ1v) is 10.9. The van der Waals surface area contributed by atoms with Crippen molar-refractivity contribution in [3.63, 3.8) is 0 Å². The van der Waals surface area contributed by atoms with Gasteiger partial charge in [-0.25, -0.2) is 0 Å². The second-order valence-corrected chi connectivity index (χ2v) is 8.58. The molecule has 29 heavy (non-hydrogen) atoms. The van der Waals surface area contributed by atoms with Crippen molar-refractivity contribution in [2.75, 3.05) is 11.6 Å². The quantitative estimate of drug-likeness (QED) is 0.559. The van der Waals surface area contributed by atoms with Crippen LogP contribution in [0.25, 0.3) is 0 Å². The molecule has 1 N–H and O–H groups in total. The maximum atomic E-state index is 13.5. The van der Waals surface area contributed by atoms with Crippen LogP contribution in [0.15, 0.2) is 35.4 Å². The van der Waals surface area contributed by atoms with E-state index in [0.29, 0.717) is 17.3 Å². The lowest BCUT2D eigenvalue weighted by atomic mass is 9.79. The number of carbonyl (C=O) groups is 1. The number of amides is 1. The van der Waals surface area contributed by atoms with Gasteiger partial charge in [-0.3, -0.25) is 9.78 Å². The van der Waals surface area contributed by atoms with E-state index in [0.717, 1.165) is 36.8 Å². The summed E-state index contributed by atoms with van der Waals surface area (Å²) in [5.74, 6) is 0.0618. The van der Waals surface area contributed by atoms with E-state index in [1.54, 1.807) is 12.1 Å². The van der Waals surface area contributed by atoms with E-state index in [4.69, 9.17) is 0 Å². The first-order valence-electron chi connectivity index (χ1n) is 9.72. The Hall–Kier alpha value is -2.02. The molecular weight excluding hydrogens is 397 g/mol. The van der Waals surface area contributed by atoms with Crippen molar-refractivity contribution in [3.05, 3.63) is 52.8 Å². The summed E-state index contributed by atoms with van der Waals surface area (Å²) in [6.07, 6.45) is 1.90. The number of anilines is 1. The molecule has 3 nitrogen and oxygen atoms in total. The molecule has 0 radical (unpaired) electrons. The predicted molar refractivity (Wildman–Crippen MR) is 111 cm³/mol. The molecule has 2 aromatic rings. The topological polar surface area (TPSA) is 42.0 Å². The van der Waals surface area contributed by atoms with E-state index in [9.17, 15) is 18.0 Å². The zero-order chi connectivity index (χ0) is 21.2. The van der Waals surface area contributed by atoms with Crippen LogP contribution in [0.1, 0.15) is 65.7 Å². The maximum Gasteiger partial charge on any atom is 0.418 e. The average Bonchev–Trinajstić information content (AvgIpc) is 2.67. The standard InChI is InChI=1S/C22H25F3N2OS/c1-13-7-9-15(10-8-13)20-19(14(2)18(12-26-20)22(23,24)25)21(28)27-16-5-4-6-17(11-16)29-3/h4-6,11-13,15H,7-10H2,1-3H3,(H,27,28). The molecule has 1 aromatic heterocycles. The number of hydrogen-bond acceptors (Lipinski definition) is 3. The molecule has 0 aliphatic heterocycles. The summed E-state index contributed by atoms with van der Waals surface area (Å²) in [6, 6.07) is 7.25. The summed E-state index contributed by atoms with van der Waals surface area (Å²) in [5.41, 5.74) is 0.199. The van der Waals surface area contributed by atoms with Crippen molar-refractivity contribution >= 4 is 23.4 Å². The van der Waals surface area contributed by atoms with Crippen LogP contribution in [0.3, 0.4) is 0 Å². The summed E-state index contributed by atoms with van der Waals surface area (Å²) in [7, 11) is 0. The molecule has 0 spiro atoms. The van der Waals surface area contributed by atoms with Crippen LogP contribution < -0.4 is 5.32 Å². The molecule has 0 saturated heterocycles. The van der Waals surface area contributed by atoms with Crippen LogP contribution >= 0.6 is 11.8 Å². The number of benzene rings is 1. The van der Waals surface area contributed by atoms with Crippen molar-refractivity contribution in [1.82, 2.24) is 4.98 Å². The van der Waals surface area contributed by atoms with E-state index < -0.39 is 17.6 Å². The summed E-state index contributed by atoms with van der Waals surface area (Å²) in [5, 5.41) is 2.78. The largest absolute Gasteiger partial charge is 0.418 e. The molecule has 1 aromatic carbocycles. The molecule has 1 fully saturated rings. The van der Waals surface area contributed by atoms with Gasteiger partial charge in [-0.05, 0) is 55.7 Å². The number of carbonyl (C=O) groups excluding carboxylic acids is 1. The zero-order valence-electron chi connectivity index (χ0n) is 16.8. The molecule has 1 heterocycles. The number of nitrogens with zero attached hydrogens (tertiary/aromatic N) is 1. The fourth-order valence-electron chi connectivity index (χ4n) is 3.93. The van der Waals surface area contributed by atoms with Gasteiger partial charge in [0.25, 0.3) is 5.91 Å². The highest BCUT2D eigenvalue weighted by molar-refractivity contribution is 7.98. The molecule has 1 aliphatic carbocycles. The van der Waals surface area contributed by atoms with Crippen LogP contribution in [-0.2, 0) is 6.18 Å². The van der Waals surface area contributed by atoms with Crippen molar-refractivity contribution in [2.45, 2.75) is 56.5 Å². The van der Waals surface area contributed by atoms with Gasteiger partial charge in [0, 0.05) is 22.7 Å². The van der Waals surface area contributed by atoms with Crippen molar-refractivity contribution in [3.8, 4) is 0 Å². The van der Waals surface area contributed by atoms with Crippen molar-refractivity contribution < 1.29 is 18.0 Å². The Balaban J connectivity index is 2.01. The summed E-state index contributed by atoms with van der Waals surface area (Å²) in [4.78, 5) is 18.2. The van der Waals surface area contributed by atoms with Crippen molar-refractivity contribution in [2.24, 2.45) is 5.92 Å². The highest BCUT2D eigenvalue weighted by atomic mass is 32.2. The first kappa shape index (κ1) is 21.7. The fraction of sp³-hybridized carbons (Fsp3) is 0.455. The van der Waals surface area contributed by atoms with E-state index in [2.05, 4.69) is 17.2 Å². The molecule has 0 unspecified atom stereocenters. The van der Waals surface area contributed by atoms with E-state index in [1.807, 2.05) is 18.4 Å². The molecule has 3 rings (SSSR count). The monoisotopic (exact) mass is 422 g/mol. The van der Waals surface area contributed by atoms with Gasteiger partial charge in [-0.1, -0.05) is 25.8 Å². The normalized spacial score (nSPS) is 19.8. The first-order chi connectivity index (χ1) is 13.7. The van der Waals surface area contributed by atoms with Gasteiger partial charge in [-0.15, -0.1) is 11.8 Å². The number of thioether (sulfide) groups is 1. The molecular formula is C22H25F3N2OS. The Morgan fingerprint density at radius 1 is 1.21 bits per heavy atom. The molecule has 1 amide bonds. The predicted octanol–water partition coefficient (Wildman–Crippen LogP) is 6.68. The Morgan fingerprint density at radius 2 is 1.90 bits per heavy atom. The van der Waals surface area contributed by atoms with Crippen LogP contribution in [0.4, 0.5) is 18.9 Å². The highest BCUT2D eigenvalue weighted by Crippen LogP contribution is 2.40. The van der Waals surface area contributed by atoms with Gasteiger partial charge in [0.2, 0.25) is 0 Å². The van der Waals surface area contributed by atoms with Crippen LogP contribution in [0.2, 0.25) is 0 Å². The second kappa shape index (κ2) is 8.78. The second-order valence-electron chi connectivity index (χ2n) is 7.70. The Kier molecular flexibility index (Phi) is 6.56. The number of pyridine rings is 1. The third kappa shape index (κ3) is 4.94. The van der Waals surface area contributed by atoms with Gasteiger partial charge >= 0.3 is 6.18 Å². The summed E-state index contributed by atoms with van der Waals surface area (Å²) >= 11 is 1.53. The van der Waals surface area contributed by atoms with Gasteiger partial charge in [0.05, 0.1) is 16.8 Å². The third-order valence-corrected chi connectivity index (χ3v) is 6.36. The van der Waals surface area contributed by atoms with Gasteiger partial charge < -0.3 is 5.32 Å². The van der Waals surface area contributed by atoms with Gasteiger partial charge in [-0.2, -0.15) is 13.2 Å². The number of aromatic nitrogens is 1. The molecule has 1 aliphatic rings. The number of nitrogens with one attached hydrogen (secondary N) is 1. The van der Waals surface area contributed by atoms with E-state index in [-0.39, 0.29) is 17.0 Å². The SMILES string of the molecule is CSc1cccc(NC(=O)c2c(C3CCC(C)CC3)ncc(C(F)(F)F)c2C)c1. The van der Waals surface area contributed by atoms with Gasteiger partial charge in [0.15, 0.2) is 0 Å². The van der Waals surface area contributed by atoms with E-state index >= 15 is 0 Å². The van der Waals surface area contributed by atoms with Crippen LogP contribution in [0, 0.1) is 12.8 Å². The average molecular weight is 423 g/mol. The zero-order valence-corrected chi connectivity index (χ0v) is 17.6. The number of halogens is 3. The molecule has 1 saturated carbocycles. The third-order valence-electron chi connectivity index (χ3n) is 5.63. The fourth-order valence-corrected chi connectivity index (χ4v) is 4.39. The number of hydrogen-bond donors (Lipinski definition) is 1. The van der Waals surface area contributed by atoms with E-state index in [1.165, 1.54) is 18.7 Å². The minimum Gasteiger partial charge on any atom is -0.322 e. The smallest absolute Gasteiger partial charge is 0.322 e. The number of alkyl halides is 3. The lowest BCUT2D eigenvalue weighted by molar-refractivity contribution is -0.138. The molecule has 156 valence electrons. The van der Waals surface area contributed by atoms with Crippen LogP contribution in [0.5, 0.6) is 0 Å².